The maximum atomic E-state index is 13.4. The number of nitrogens with zero attached hydrogens (tertiary/aromatic N) is 1. The minimum absolute atomic E-state index is 0.0227. The first-order valence-corrected chi connectivity index (χ1v) is 12.8. The van der Waals surface area contributed by atoms with Crippen LogP contribution in [0, 0.1) is 11.8 Å². The predicted octanol–water partition coefficient (Wildman–Crippen LogP) is 5.12. The number of Topliss-reactive ketones (excluding diaryl/α,β-unsaturated/α-hetero) is 2. The van der Waals surface area contributed by atoms with Gasteiger partial charge >= 0.3 is 0 Å². The average molecular weight is 462 g/mol. The molecule has 0 radical (unpaired) electrons. The van der Waals surface area contributed by atoms with E-state index in [1.54, 1.807) is 6.07 Å². The Kier molecular flexibility index (Phi) is 6.84. The second-order valence-corrected chi connectivity index (χ2v) is 10.1. The number of fused-ring (bicyclic) bond motifs is 1. The van der Waals surface area contributed by atoms with E-state index < -0.39 is 0 Å². The Morgan fingerprint density at radius 1 is 1.03 bits per heavy atom. The number of hydrogen-bond acceptors (Lipinski definition) is 5. The standard InChI is InChI=1S/C29H35NO4/c1-3-26(31)24-16-23(17-25-28(19(2)34-29(24)25)20-7-5-4-6-8-20)27(32)18-22-15-21(22)9-10-30-11-13-33-14-12-30/h4-8,16-17,19,21-22,28H,3,9-15,18H2,1-2H3/t19-,21-,22+,28+/m1/s1. The molecule has 2 aromatic rings. The van der Waals surface area contributed by atoms with Crippen molar-refractivity contribution in [1.29, 1.82) is 0 Å². The highest BCUT2D eigenvalue weighted by Crippen LogP contribution is 2.47. The lowest BCUT2D eigenvalue weighted by atomic mass is 9.85. The van der Waals surface area contributed by atoms with Gasteiger partial charge in [-0.15, -0.1) is 0 Å². The Morgan fingerprint density at radius 2 is 1.79 bits per heavy atom. The summed E-state index contributed by atoms with van der Waals surface area (Å²) < 4.78 is 11.7. The van der Waals surface area contributed by atoms with Gasteiger partial charge in [0.25, 0.3) is 0 Å². The number of hydrogen-bond donors (Lipinski definition) is 0. The van der Waals surface area contributed by atoms with Gasteiger partial charge in [0.15, 0.2) is 11.6 Å². The lowest BCUT2D eigenvalue weighted by Crippen LogP contribution is -2.37. The van der Waals surface area contributed by atoms with Gasteiger partial charge in [0.2, 0.25) is 0 Å². The minimum Gasteiger partial charge on any atom is -0.489 e. The maximum Gasteiger partial charge on any atom is 0.166 e. The number of ketones is 2. The Hall–Kier alpha value is -2.50. The van der Waals surface area contributed by atoms with Gasteiger partial charge in [-0.2, -0.15) is 0 Å². The molecule has 0 amide bonds. The third-order valence-corrected chi connectivity index (χ3v) is 7.76. The van der Waals surface area contributed by atoms with E-state index in [0.29, 0.717) is 41.6 Å². The van der Waals surface area contributed by atoms with Crippen molar-refractivity contribution in [1.82, 2.24) is 4.90 Å². The van der Waals surface area contributed by atoms with Crippen molar-refractivity contribution in [2.75, 3.05) is 32.8 Å². The molecule has 0 bridgehead atoms. The molecular weight excluding hydrogens is 426 g/mol. The van der Waals surface area contributed by atoms with E-state index in [-0.39, 0.29) is 23.6 Å². The van der Waals surface area contributed by atoms with Crippen LogP contribution in [0.2, 0.25) is 0 Å². The summed E-state index contributed by atoms with van der Waals surface area (Å²) in [6.45, 7) is 8.69. The van der Waals surface area contributed by atoms with Crippen LogP contribution in [0.15, 0.2) is 42.5 Å². The van der Waals surface area contributed by atoms with Gasteiger partial charge in [0.05, 0.1) is 18.8 Å². The molecule has 0 spiro atoms. The van der Waals surface area contributed by atoms with Gasteiger partial charge in [-0.05, 0) is 55.8 Å². The van der Waals surface area contributed by atoms with Crippen LogP contribution in [0.4, 0.5) is 0 Å². The van der Waals surface area contributed by atoms with Crippen molar-refractivity contribution in [2.24, 2.45) is 11.8 Å². The molecule has 1 aliphatic carbocycles. The maximum absolute atomic E-state index is 13.4. The molecule has 0 unspecified atom stereocenters. The molecule has 1 saturated heterocycles. The SMILES string of the molecule is CCC(=O)c1cc(C(=O)C[C@@H]2C[C@H]2CCN2CCOCC2)cc2c1O[C@H](C)[C@H]2c1ccccc1. The third kappa shape index (κ3) is 4.82. The molecule has 180 valence electrons. The molecule has 2 fully saturated rings. The summed E-state index contributed by atoms with van der Waals surface area (Å²) in [5.41, 5.74) is 3.35. The Bertz CT molecular complexity index is 1040. The topological polar surface area (TPSA) is 55.8 Å². The quantitative estimate of drug-likeness (QED) is 0.485. The molecule has 0 aromatic heterocycles. The van der Waals surface area contributed by atoms with E-state index >= 15 is 0 Å². The zero-order chi connectivity index (χ0) is 23.7. The van der Waals surface area contributed by atoms with Crippen LogP contribution in [-0.4, -0.2) is 55.4 Å². The molecule has 4 atom stereocenters. The normalized spacial score (nSPS) is 26.1. The van der Waals surface area contributed by atoms with Gasteiger partial charge in [-0.25, -0.2) is 0 Å². The Balaban J connectivity index is 1.32. The first-order chi connectivity index (χ1) is 16.5. The number of carbonyl (C=O) groups excluding carboxylic acids is 2. The zero-order valence-electron chi connectivity index (χ0n) is 20.3. The fraction of sp³-hybridized carbons (Fsp3) is 0.517. The molecule has 2 heterocycles. The first-order valence-electron chi connectivity index (χ1n) is 12.8. The van der Waals surface area contributed by atoms with Crippen LogP contribution in [0.3, 0.4) is 0 Å². The van der Waals surface area contributed by atoms with Crippen molar-refractivity contribution < 1.29 is 19.1 Å². The Morgan fingerprint density at radius 3 is 2.53 bits per heavy atom. The van der Waals surface area contributed by atoms with Crippen molar-refractivity contribution in [3.05, 3.63) is 64.7 Å². The Labute approximate surface area is 202 Å². The van der Waals surface area contributed by atoms with Crippen molar-refractivity contribution >= 4 is 11.6 Å². The van der Waals surface area contributed by atoms with Crippen molar-refractivity contribution in [2.45, 2.75) is 51.6 Å². The number of carbonyl (C=O) groups is 2. The first kappa shape index (κ1) is 23.3. The predicted molar refractivity (Wildman–Crippen MR) is 132 cm³/mol. The van der Waals surface area contributed by atoms with Gasteiger partial charge in [-0.3, -0.25) is 14.5 Å². The monoisotopic (exact) mass is 461 g/mol. The van der Waals surface area contributed by atoms with Gasteiger partial charge in [-0.1, -0.05) is 37.3 Å². The van der Waals surface area contributed by atoms with Gasteiger partial charge < -0.3 is 9.47 Å². The van der Waals surface area contributed by atoms with Gasteiger partial charge in [0.1, 0.15) is 11.9 Å². The summed E-state index contributed by atoms with van der Waals surface area (Å²) in [5, 5.41) is 0. The van der Waals surface area contributed by atoms with Crippen LogP contribution in [-0.2, 0) is 4.74 Å². The largest absolute Gasteiger partial charge is 0.489 e. The van der Waals surface area contributed by atoms with E-state index in [2.05, 4.69) is 17.0 Å². The number of morpholine rings is 1. The molecule has 5 rings (SSSR count). The third-order valence-electron chi connectivity index (χ3n) is 7.76. The summed E-state index contributed by atoms with van der Waals surface area (Å²) in [6, 6.07) is 14.0. The van der Waals surface area contributed by atoms with E-state index in [1.807, 2.05) is 38.1 Å². The number of rotatable bonds is 9. The van der Waals surface area contributed by atoms with Crippen LogP contribution >= 0.6 is 0 Å². The molecule has 3 aliphatic rings. The minimum atomic E-state index is -0.0841. The van der Waals surface area contributed by atoms with Crippen molar-refractivity contribution in [3.8, 4) is 5.75 Å². The van der Waals surface area contributed by atoms with E-state index in [0.717, 1.165) is 56.8 Å². The molecular formula is C29H35NO4. The fourth-order valence-electron chi connectivity index (χ4n) is 5.63. The highest BCUT2D eigenvalue weighted by Gasteiger charge is 2.40. The molecule has 2 aliphatic heterocycles. The number of benzene rings is 2. The van der Waals surface area contributed by atoms with Gasteiger partial charge in [0, 0.05) is 43.0 Å². The molecule has 5 nitrogen and oxygen atoms in total. The smallest absolute Gasteiger partial charge is 0.166 e. The van der Waals surface area contributed by atoms with Crippen LogP contribution in [0.25, 0.3) is 0 Å². The van der Waals surface area contributed by atoms with E-state index in [1.165, 1.54) is 0 Å². The van der Waals surface area contributed by atoms with E-state index in [4.69, 9.17) is 9.47 Å². The zero-order valence-corrected chi connectivity index (χ0v) is 20.3. The fourth-order valence-corrected chi connectivity index (χ4v) is 5.63. The summed E-state index contributed by atoms with van der Waals surface area (Å²) in [6.07, 6.45) is 3.17. The molecule has 0 N–H and O–H groups in total. The van der Waals surface area contributed by atoms with Crippen LogP contribution in [0.5, 0.6) is 5.75 Å². The average Bonchev–Trinajstić information content (AvgIpc) is 3.52. The molecule has 1 saturated carbocycles. The molecule has 5 heteroatoms. The second-order valence-electron chi connectivity index (χ2n) is 10.1. The summed E-state index contributed by atoms with van der Waals surface area (Å²) in [7, 11) is 0. The molecule has 34 heavy (non-hydrogen) atoms. The molecule has 2 aromatic carbocycles. The highest BCUT2D eigenvalue weighted by molar-refractivity contribution is 6.04. The summed E-state index contributed by atoms with van der Waals surface area (Å²) >= 11 is 0. The van der Waals surface area contributed by atoms with Crippen molar-refractivity contribution in [3.63, 3.8) is 0 Å². The van der Waals surface area contributed by atoms with Crippen LogP contribution in [0.1, 0.15) is 77.3 Å². The lowest BCUT2D eigenvalue weighted by Gasteiger charge is -2.26. The van der Waals surface area contributed by atoms with Crippen LogP contribution < -0.4 is 4.74 Å². The number of ether oxygens (including phenoxy) is 2. The van der Waals surface area contributed by atoms with E-state index in [9.17, 15) is 9.59 Å². The highest BCUT2D eigenvalue weighted by atomic mass is 16.5. The summed E-state index contributed by atoms with van der Waals surface area (Å²) in [5.74, 6) is 1.97. The summed E-state index contributed by atoms with van der Waals surface area (Å²) in [4.78, 5) is 28.6. The lowest BCUT2D eigenvalue weighted by molar-refractivity contribution is 0.0366. The second kappa shape index (κ2) is 10.0.